The molecule has 1 aromatic heterocycles. The first kappa shape index (κ1) is 9.26. The van der Waals surface area contributed by atoms with E-state index in [0.29, 0.717) is 6.04 Å². The average Bonchev–Trinajstić information content (AvgIpc) is 2.53. The van der Waals surface area contributed by atoms with Gasteiger partial charge in [0.1, 0.15) is 0 Å². The molecule has 1 heterocycles. The molecule has 1 N–H and O–H groups in total. The lowest BCUT2D eigenvalue weighted by Crippen LogP contribution is -2.26. The smallest absolute Gasteiger partial charge is 0.0489 e. The highest BCUT2D eigenvalue weighted by atomic mass is 15.3. The fourth-order valence-corrected chi connectivity index (χ4v) is 1.21. The molecule has 0 aliphatic heterocycles. The van der Waals surface area contributed by atoms with Crippen molar-refractivity contribution in [3.05, 3.63) is 18.5 Å². The van der Waals surface area contributed by atoms with Gasteiger partial charge in [-0.25, -0.2) is 0 Å². The molecule has 0 aliphatic rings. The maximum absolute atomic E-state index is 4.14. The lowest BCUT2D eigenvalue weighted by Gasteiger charge is -2.11. The van der Waals surface area contributed by atoms with Crippen LogP contribution in [0.25, 0.3) is 0 Å². The zero-order chi connectivity index (χ0) is 8.81. The van der Waals surface area contributed by atoms with Gasteiger partial charge in [-0.1, -0.05) is 6.92 Å². The number of nitrogens with zero attached hydrogens (tertiary/aromatic N) is 2. The molecule has 3 heteroatoms. The van der Waals surface area contributed by atoms with E-state index in [1.165, 1.54) is 0 Å². The van der Waals surface area contributed by atoms with E-state index >= 15 is 0 Å². The highest BCUT2D eigenvalue weighted by Crippen LogP contribution is 1.94. The van der Waals surface area contributed by atoms with Gasteiger partial charge in [-0.2, -0.15) is 5.10 Å². The number of hydrogen-bond donors (Lipinski definition) is 1. The highest BCUT2D eigenvalue weighted by Gasteiger charge is 1.98. The number of aryl methyl sites for hydroxylation is 1. The van der Waals surface area contributed by atoms with Crippen molar-refractivity contribution < 1.29 is 0 Å². The van der Waals surface area contributed by atoms with Gasteiger partial charge in [-0.15, -0.1) is 0 Å². The minimum Gasteiger partial charge on any atom is -0.314 e. The molecular weight excluding hydrogens is 150 g/mol. The molecule has 0 amide bonds. The van der Waals surface area contributed by atoms with Gasteiger partial charge in [0.05, 0.1) is 0 Å². The topological polar surface area (TPSA) is 29.9 Å². The summed E-state index contributed by atoms with van der Waals surface area (Å²) in [4.78, 5) is 0. The lowest BCUT2D eigenvalue weighted by molar-refractivity contribution is 0.467. The third kappa shape index (κ3) is 3.05. The molecule has 0 spiro atoms. The molecule has 1 rings (SSSR count). The van der Waals surface area contributed by atoms with E-state index in [4.69, 9.17) is 0 Å². The first-order valence-corrected chi connectivity index (χ1v) is 4.53. The van der Waals surface area contributed by atoms with Crippen molar-refractivity contribution in [1.29, 1.82) is 0 Å². The number of nitrogens with one attached hydrogen (secondary N) is 1. The predicted octanol–water partition coefficient (Wildman–Crippen LogP) is 1.27. The Labute approximate surface area is 73.8 Å². The Kier molecular flexibility index (Phi) is 3.80. The summed E-state index contributed by atoms with van der Waals surface area (Å²) in [6.45, 7) is 6.37. The molecular formula is C9H17N3. The molecule has 3 nitrogen and oxygen atoms in total. The summed E-state index contributed by atoms with van der Waals surface area (Å²) in [6.07, 6.45) is 4.95. The molecule has 68 valence electrons. The standard InChI is InChI=1S/C9H17N3/c1-3-10-9(2)5-8-12-7-4-6-11-12/h4,6-7,9-10H,3,5,8H2,1-2H3. The van der Waals surface area contributed by atoms with Crippen LogP contribution in [0.2, 0.25) is 0 Å². The van der Waals surface area contributed by atoms with E-state index in [0.717, 1.165) is 19.5 Å². The van der Waals surface area contributed by atoms with E-state index in [1.807, 2.05) is 23.1 Å². The molecule has 0 radical (unpaired) electrons. The molecule has 1 unspecified atom stereocenters. The van der Waals surface area contributed by atoms with Crippen molar-refractivity contribution in [2.24, 2.45) is 0 Å². The zero-order valence-corrected chi connectivity index (χ0v) is 7.83. The number of rotatable bonds is 5. The Hall–Kier alpha value is -0.830. The van der Waals surface area contributed by atoms with Gasteiger partial charge in [0, 0.05) is 25.0 Å². The summed E-state index contributed by atoms with van der Waals surface area (Å²) in [5.74, 6) is 0. The highest BCUT2D eigenvalue weighted by molar-refractivity contribution is 4.77. The largest absolute Gasteiger partial charge is 0.314 e. The van der Waals surface area contributed by atoms with Crippen LogP contribution in [-0.2, 0) is 6.54 Å². The first-order chi connectivity index (χ1) is 5.83. The summed E-state index contributed by atoms with van der Waals surface area (Å²) in [5.41, 5.74) is 0. The van der Waals surface area contributed by atoms with E-state index in [1.54, 1.807) is 0 Å². The van der Waals surface area contributed by atoms with Crippen LogP contribution in [-0.4, -0.2) is 22.4 Å². The Morgan fingerprint density at radius 2 is 2.42 bits per heavy atom. The number of aromatic nitrogens is 2. The quantitative estimate of drug-likeness (QED) is 0.715. The summed E-state index contributed by atoms with van der Waals surface area (Å²) >= 11 is 0. The van der Waals surface area contributed by atoms with Crippen LogP contribution < -0.4 is 5.32 Å². The van der Waals surface area contributed by atoms with Crippen molar-refractivity contribution in [3.8, 4) is 0 Å². The SMILES string of the molecule is CCNC(C)CCn1cccn1. The van der Waals surface area contributed by atoms with Gasteiger partial charge in [0.2, 0.25) is 0 Å². The second kappa shape index (κ2) is 4.93. The Balaban J connectivity index is 2.17. The lowest BCUT2D eigenvalue weighted by atomic mass is 10.2. The molecule has 1 aromatic rings. The van der Waals surface area contributed by atoms with Crippen molar-refractivity contribution in [2.75, 3.05) is 6.54 Å². The predicted molar refractivity (Wildman–Crippen MR) is 50.0 cm³/mol. The zero-order valence-electron chi connectivity index (χ0n) is 7.83. The summed E-state index contributed by atoms with van der Waals surface area (Å²) in [6, 6.07) is 2.54. The van der Waals surface area contributed by atoms with Gasteiger partial charge >= 0.3 is 0 Å². The van der Waals surface area contributed by atoms with Crippen LogP contribution in [0.15, 0.2) is 18.5 Å². The molecule has 0 saturated carbocycles. The second-order valence-corrected chi connectivity index (χ2v) is 3.02. The maximum atomic E-state index is 4.14. The molecule has 12 heavy (non-hydrogen) atoms. The van der Waals surface area contributed by atoms with Crippen molar-refractivity contribution in [2.45, 2.75) is 32.9 Å². The van der Waals surface area contributed by atoms with Crippen molar-refractivity contribution >= 4 is 0 Å². The van der Waals surface area contributed by atoms with Crippen LogP contribution in [0.5, 0.6) is 0 Å². The molecule has 0 fully saturated rings. The van der Waals surface area contributed by atoms with Gasteiger partial charge < -0.3 is 5.32 Å². The van der Waals surface area contributed by atoms with Gasteiger partial charge in [-0.05, 0) is 26.0 Å². The van der Waals surface area contributed by atoms with Crippen LogP contribution in [0, 0.1) is 0 Å². The Morgan fingerprint density at radius 1 is 1.58 bits per heavy atom. The number of hydrogen-bond acceptors (Lipinski definition) is 2. The average molecular weight is 167 g/mol. The van der Waals surface area contributed by atoms with Gasteiger partial charge in [0.15, 0.2) is 0 Å². The monoisotopic (exact) mass is 167 g/mol. The van der Waals surface area contributed by atoms with Crippen LogP contribution in [0.1, 0.15) is 20.3 Å². The van der Waals surface area contributed by atoms with E-state index in [9.17, 15) is 0 Å². The molecule has 0 aliphatic carbocycles. The Morgan fingerprint density at radius 3 is 3.00 bits per heavy atom. The first-order valence-electron chi connectivity index (χ1n) is 4.53. The molecule has 0 bridgehead atoms. The van der Waals surface area contributed by atoms with Crippen molar-refractivity contribution in [1.82, 2.24) is 15.1 Å². The molecule has 1 atom stereocenters. The second-order valence-electron chi connectivity index (χ2n) is 3.02. The van der Waals surface area contributed by atoms with E-state index in [2.05, 4.69) is 24.3 Å². The van der Waals surface area contributed by atoms with Crippen LogP contribution in [0.3, 0.4) is 0 Å². The van der Waals surface area contributed by atoms with Crippen LogP contribution in [0.4, 0.5) is 0 Å². The normalized spacial score (nSPS) is 13.2. The summed E-state index contributed by atoms with van der Waals surface area (Å²) < 4.78 is 1.97. The summed E-state index contributed by atoms with van der Waals surface area (Å²) in [5, 5.41) is 7.50. The minimum atomic E-state index is 0.583. The third-order valence-corrected chi connectivity index (χ3v) is 1.90. The summed E-state index contributed by atoms with van der Waals surface area (Å²) in [7, 11) is 0. The minimum absolute atomic E-state index is 0.583. The fourth-order valence-electron chi connectivity index (χ4n) is 1.21. The molecule has 0 saturated heterocycles. The van der Waals surface area contributed by atoms with E-state index in [-0.39, 0.29) is 0 Å². The van der Waals surface area contributed by atoms with Crippen LogP contribution >= 0.6 is 0 Å². The van der Waals surface area contributed by atoms with Gasteiger partial charge in [0.25, 0.3) is 0 Å². The molecule has 0 aromatic carbocycles. The Bertz CT molecular complexity index is 194. The van der Waals surface area contributed by atoms with Gasteiger partial charge in [-0.3, -0.25) is 4.68 Å². The van der Waals surface area contributed by atoms with Crippen molar-refractivity contribution in [3.63, 3.8) is 0 Å². The third-order valence-electron chi connectivity index (χ3n) is 1.90. The maximum Gasteiger partial charge on any atom is 0.0489 e. The van der Waals surface area contributed by atoms with E-state index < -0.39 is 0 Å². The fraction of sp³-hybridized carbons (Fsp3) is 0.667.